The minimum absolute atomic E-state index is 0.845. The molecule has 0 spiro atoms. The van der Waals surface area contributed by atoms with Crippen molar-refractivity contribution in [3.63, 3.8) is 0 Å². The molecule has 1 nitrogen and oxygen atoms in total. The number of nitrogens with two attached hydrogens (primary N) is 1. The van der Waals surface area contributed by atoms with Crippen LogP contribution in [-0.4, -0.2) is 17.6 Å². The van der Waals surface area contributed by atoms with Crippen LogP contribution in [0.5, 0.6) is 0 Å². The molecular weight excluding hydrogens is 219 g/mol. The zero-order chi connectivity index (χ0) is 5.54. The van der Waals surface area contributed by atoms with Gasteiger partial charge >= 0.3 is 0 Å². The van der Waals surface area contributed by atoms with E-state index in [1.807, 2.05) is 0 Å². The Balaban J connectivity index is 2.45. The van der Waals surface area contributed by atoms with Gasteiger partial charge in [0.2, 0.25) is 4.86 Å². The Bertz CT molecular complexity index is 34.1. The molecule has 2 N–H and O–H groups in total. The first-order valence-electron chi connectivity index (χ1n) is 2.27. The van der Waals surface area contributed by atoms with Crippen LogP contribution in [0.2, 0.25) is 0 Å². The maximum atomic E-state index is 5.26. The van der Waals surface area contributed by atoms with E-state index in [0.717, 1.165) is 15.0 Å². The molecule has 0 aliphatic carbocycles. The largest absolute Gasteiger partial charge is 0.330 e. The lowest BCUT2D eigenvalue weighted by Gasteiger charge is -1.89. The highest BCUT2D eigenvalue weighted by Crippen LogP contribution is 2.10. The molecule has 0 aliphatic heterocycles. The summed E-state index contributed by atoms with van der Waals surface area (Å²) in [5.74, 6) is 0. The summed E-state index contributed by atoms with van der Waals surface area (Å²) >= 11 is 2.27. The molecule has 4 heteroatoms. The Morgan fingerprint density at radius 1 is 1.71 bits per heavy atom. The first-order valence-corrected chi connectivity index (χ1v) is 4.80. The third-order valence-electron chi connectivity index (χ3n) is 0.602. The Morgan fingerprint density at radius 2 is 2.43 bits per heavy atom. The minimum atomic E-state index is 0.845. The highest BCUT2D eigenvalue weighted by Gasteiger charge is 1.82. The SMILES string of the molecule is NCCCP[B]I. The molecule has 1 radical (unpaired) electrons. The molecule has 0 fully saturated rings. The standard InChI is InChI=1S/C3H9BINP/c5-4-7-3-1-2-6/h7H,1-3,6H2. The van der Waals surface area contributed by atoms with E-state index in [1.54, 1.807) is 0 Å². The second-order valence-electron chi connectivity index (χ2n) is 1.21. The van der Waals surface area contributed by atoms with E-state index in [9.17, 15) is 0 Å². The molecule has 1 unspecified atom stereocenters. The predicted octanol–water partition coefficient (Wildman–Crippen LogP) is 0.983. The number of hydrogen-bond donors (Lipinski definition) is 1. The van der Waals surface area contributed by atoms with E-state index in [4.69, 9.17) is 5.73 Å². The summed E-state index contributed by atoms with van der Waals surface area (Å²) in [4.78, 5) is 2.17. The molecular formula is C3H9BINP. The van der Waals surface area contributed by atoms with Crippen molar-refractivity contribution >= 4 is 35.7 Å². The third kappa shape index (κ3) is 7.18. The van der Waals surface area contributed by atoms with Gasteiger partial charge in [0.15, 0.2) is 0 Å². The molecule has 0 heterocycles. The second-order valence-corrected chi connectivity index (χ2v) is 4.20. The average Bonchev–Trinajstić information content (AvgIpc) is 1.69. The van der Waals surface area contributed by atoms with Crippen LogP contribution in [0.15, 0.2) is 0 Å². The zero-order valence-electron chi connectivity index (χ0n) is 4.15. The van der Waals surface area contributed by atoms with E-state index >= 15 is 0 Å². The van der Waals surface area contributed by atoms with Crippen molar-refractivity contribution in [3.8, 4) is 0 Å². The van der Waals surface area contributed by atoms with Crippen molar-refractivity contribution in [1.82, 2.24) is 0 Å². The summed E-state index contributed by atoms with van der Waals surface area (Å²) in [6.07, 6.45) is 2.46. The molecule has 0 amide bonds. The number of rotatable bonds is 4. The van der Waals surface area contributed by atoms with Gasteiger partial charge in [-0.1, -0.05) is 0 Å². The normalized spacial score (nSPS) is 10.6. The van der Waals surface area contributed by atoms with Crippen molar-refractivity contribution in [2.45, 2.75) is 6.42 Å². The molecule has 0 aromatic heterocycles. The van der Waals surface area contributed by atoms with Crippen molar-refractivity contribution in [3.05, 3.63) is 0 Å². The van der Waals surface area contributed by atoms with Crippen LogP contribution in [-0.2, 0) is 0 Å². The van der Waals surface area contributed by atoms with Gasteiger partial charge in [0.1, 0.15) is 0 Å². The van der Waals surface area contributed by atoms with Crippen LogP contribution in [0.3, 0.4) is 0 Å². The molecule has 0 rings (SSSR count). The lowest BCUT2D eigenvalue weighted by molar-refractivity contribution is 0.943. The summed E-state index contributed by atoms with van der Waals surface area (Å²) in [6.45, 7) is 0.845. The first-order chi connectivity index (χ1) is 3.41. The van der Waals surface area contributed by atoms with Gasteiger partial charge in [-0.15, -0.1) is 8.46 Å². The summed E-state index contributed by atoms with van der Waals surface area (Å²) < 4.78 is 0. The molecule has 0 aromatic rings. The second kappa shape index (κ2) is 7.18. The lowest BCUT2D eigenvalue weighted by atomic mass is 10.5. The van der Waals surface area contributed by atoms with E-state index in [1.165, 1.54) is 12.6 Å². The molecule has 0 aromatic carbocycles. The van der Waals surface area contributed by atoms with Gasteiger partial charge in [-0.05, 0) is 19.1 Å². The van der Waals surface area contributed by atoms with Gasteiger partial charge < -0.3 is 5.73 Å². The molecule has 0 saturated heterocycles. The summed E-state index contributed by atoms with van der Waals surface area (Å²) in [5, 5.41) is 0. The van der Waals surface area contributed by atoms with Crippen LogP contribution < -0.4 is 5.73 Å². The van der Waals surface area contributed by atoms with Gasteiger partial charge in [0.25, 0.3) is 0 Å². The van der Waals surface area contributed by atoms with Gasteiger partial charge in [0.05, 0.1) is 0 Å². The highest BCUT2D eigenvalue weighted by molar-refractivity contribution is 14.1. The molecule has 0 aliphatic rings. The number of halogens is 1. The van der Waals surface area contributed by atoms with Crippen molar-refractivity contribution < 1.29 is 0 Å². The summed E-state index contributed by atoms with van der Waals surface area (Å²) in [5.41, 5.74) is 5.26. The Hall–Kier alpha value is 1.18. The van der Waals surface area contributed by atoms with Crippen molar-refractivity contribution in [2.75, 3.05) is 12.7 Å². The maximum absolute atomic E-state index is 5.26. The Labute approximate surface area is 60.7 Å². The maximum Gasteiger partial charge on any atom is 0.230 e. The summed E-state index contributed by atoms with van der Waals surface area (Å²) in [7, 11) is 1.00. The highest BCUT2D eigenvalue weighted by atomic mass is 127. The smallest absolute Gasteiger partial charge is 0.230 e. The zero-order valence-corrected chi connectivity index (χ0v) is 7.31. The van der Waals surface area contributed by atoms with E-state index in [-0.39, 0.29) is 0 Å². The van der Waals surface area contributed by atoms with E-state index < -0.39 is 0 Å². The Kier molecular flexibility index (Phi) is 8.40. The lowest BCUT2D eigenvalue weighted by Crippen LogP contribution is -1.98. The van der Waals surface area contributed by atoms with E-state index in [0.29, 0.717) is 0 Å². The minimum Gasteiger partial charge on any atom is -0.330 e. The monoisotopic (exact) mass is 228 g/mol. The van der Waals surface area contributed by atoms with Crippen LogP contribution in [0, 0.1) is 0 Å². The first kappa shape index (κ1) is 8.18. The number of hydrogen-bond acceptors (Lipinski definition) is 1. The van der Waals surface area contributed by atoms with Crippen molar-refractivity contribution in [2.24, 2.45) is 5.73 Å². The van der Waals surface area contributed by atoms with Crippen LogP contribution in [0.4, 0.5) is 0 Å². The van der Waals surface area contributed by atoms with Gasteiger partial charge in [-0.2, -0.15) is 22.4 Å². The Morgan fingerprint density at radius 3 is 2.86 bits per heavy atom. The van der Waals surface area contributed by atoms with Crippen LogP contribution in [0.25, 0.3) is 0 Å². The van der Waals surface area contributed by atoms with Crippen LogP contribution in [0.1, 0.15) is 6.42 Å². The topological polar surface area (TPSA) is 26.0 Å². The molecule has 0 saturated carbocycles. The molecule has 41 valence electrons. The average molecular weight is 228 g/mol. The molecule has 1 atom stereocenters. The van der Waals surface area contributed by atoms with Gasteiger partial charge in [0, 0.05) is 0 Å². The quantitative estimate of drug-likeness (QED) is 0.330. The van der Waals surface area contributed by atoms with Crippen LogP contribution >= 0.6 is 30.8 Å². The van der Waals surface area contributed by atoms with Gasteiger partial charge in [-0.3, -0.25) is 0 Å². The predicted molar refractivity (Wildman–Crippen MR) is 46.6 cm³/mol. The molecule has 0 bridgehead atoms. The fraction of sp³-hybridized carbons (Fsp3) is 1.00. The van der Waals surface area contributed by atoms with E-state index in [2.05, 4.69) is 27.2 Å². The fourth-order valence-electron chi connectivity index (χ4n) is 0.259. The fourth-order valence-corrected chi connectivity index (χ4v) is 1.71. The third-order valence-corrected chi connectivity index (χ3v) is 2.72. The summed E-state index contributed by atoms with van der Waals surface area (Å²) in [6, 6.07) is 0. The van der Waals surface area contributed by atoms with Gasteiger partial charge in [-0.25, -0.2) is 0 Å². The molecule has 7 heavy (non-hydrogen) atoms. The van der Waals surface area contributed by atoms with Crippen molar-refractivity contribution in [1.29, 1.82) is 0 Å².